The van der Waals surface area contributed by atoms with E-state index >= 15 is 0 Å². The number of aryl methyl sites for hydroxylation is 1. The highest BCUT2D eigenvalue weighted by atomic mass is 35.5. The van der Waals surface area contributed by atoms with E-state index in [1.54, 1.807) is 11.3 Å². The van der Waals surface area contributed by atoms with Crippen molar-refractivity contribution in [3.05, 3.63) is 16.1 Å². The lowest BCUT2D eigenvalue weighted by atomic mass is 9.94. The smallest absolute Gasteiger partial charge is 0.226 e. The minimum atomic E-state index is 0. The molecule has 1 aromatic heterocycles. The van der Waals surface area contributed by atoms with E-state index in [9.17, 15) is 4.79 Å². The van der Waals surface area contributed by atoms with E-state index in [0.29, 0.717) is 18.4 Å². The molecule has 1 saturated carbocycles. The maximum Gasteiger partial charge on any atom is 0.226 e. The monoisotopic (exact) mass is 430 g/mol. The van der Waals surface area contributed by atoms with Crippen molar-refractivity contribution in [2.24, 2.45) is 17.6 Å². The number of nitrogens with zero attached hydrogens (tertiary/aromatic N) is 3. The number of thiazole rings is 1. The Morgan fingerprint density at radius 3 is 2.48 bits per heavy atom. The number of piperazine rings is 1. The molecule has 0 unspecified atom stereocenters. The molecule has 2 N–H and O–H groups in total. The van der Waals surface area contributed by atoms with Crippen LogP contribution in [0.3, 0.4) is 0 Å². The van der Waals surface area contributed by atoms with Crippen molar-refractivity contribution in [2.45, 2.75) is 32.7 Å². The summed E-state index contributed by atoms with van der Waals surface area (Å²) in [5.41, 5.74) is 5.82. The van der Waals surface area contributed by atoms with Gasteiger partial charge in [-0.15, -0.1) is 48.6 Å². The van der Waals surface area contributed by atoms with E-state index in [0.717, 1.165) is 57.0 Å². The van der Waals surface area contributed by atoms with Gasteiger partial charge in [0.2, 0.25) is 5.91 Å². The molecule has 9 heteroatoms. The quantitative estimate of drug-likeness (QED) is 0.796. The minimum Gasteiger partial charge on any atom is -0.340 e. The van der Waals surface area contributed by atoms with E-state index in [-0.39, 0.29) is 43.1 Å². The van der Waals surface area contributed by atoms with Gasteiger partial charge in [0.05, 0.1) is 5.01 Å². The molecular weight excluding hydrogens is 403 g/mol. The number of aromatic nitrogens is 1. The van der Waals surface area contributed by atoms with Gasteiger partial charge in [-0.3, -0.25) is 9.69 Å². The zero-order valence-corrected chi connectivity index (χ0v) is 17.8. The van der Waals surface area contributed by atoms with Crippen molar-refractivity contribution in [1.29, 1.82) is 0 Å². The molecule has 2 fully saturated rings. The van der Waals surface area contributed by atoms with Crippen LogP contribution < -0.4 is 5.73 Å². The summed E-state index contributed by atoms with van der Waals surface area (Å²) in [4.78, 5) is 22.8. The average molecular weight is 432 g/mol. The molecular formula is C16H29Cl3N4OS. The van der Waals surface area contributed by atoms with Crippen molar-refractivity contribution in [3.63, 3.8) is 0 Å². The van der Waals surface area contributed by atoms with Gasteiger partial charge in [-0.25, -0.2) is 4.98 Å². The maximum absolute atomic E-state index is 12.7. The molecule has 0 aromatic carbocycles. The van der Waals surface area contributed by atoms with Crippen molar-refractivity contribution in [3.8, 4) is 0 Å². The molecule has 1 aliphatic carbocycles. The summed E-state index contributed by atoms with van der Waals surface area (Å²) in [6, 6.07) is 0. The number of hydrogen-bond donors (Lipinski definition) is 1. The molecule has 5 nitrogen and oxygen atoms in total. The largest absolute Gasteiger partial charge is 0.340 e. The highest BCUT2D eigenvalue weighted by Crippen LogP contribution is 2.32. The summed E-state index contributed by atoms with van der Waals surface area (Å²) in [5, 5.41) is 1.12. The van der Waals surface area contributed by atoms with Gasteiger partial charge in [0.1, 0.15) is 0 Å². The number of nitrogens with two attached hydrogens (primary N) is 1. The van der Waals surface area contributed by atoms with Gasteiger partial charge in [0.25, 0.3) is 0 Å². The Morgan fingerprint density at radius 2 is 1.92 bits per heavy atom. The van der Waals surface area contributed by atoms with Crippen LogP contribution in [0.4, 0.5) is 0 Å². The van der Waals surface area contributed by atoms with Crippen LogP contribution in [0.5, 0.6) is 0 Å². The minimum absolute atomic E-state index is 0. The summed E-state index contributed by atoms with van der Waals surface area (Å²) >= 11 is 1.76. The standard InChI is InChI=1S/C16H26N4OS.3ClH/c1-12-18-10-14(22-12)11-19-5-7-20(8-6-19)16(21)15-4-2-3-13(15)9-17;;;/h10,13,15H,2-9,11,17H2,1H3;3*1H/t13-,15-;;;/m1.../s1. The zero-order chi connectivity index (χ0) is 15.5. The van der Waals surface area contributed by atoms with Crippen LogP contribution in [-0.2, 0) is 11.3 Å². The SMILES string of the molecule is Cc1ncc(CN2CCN(C(=O)[C@@H]3CCC[C@@H]3CN)CC2)s1.Cl.Cl.Cl. The molecule has 3 rings (SSSR count). The molecule has 146 valence electrons. The Labute approximate surface area is 173 Å². The second-order valence-electron chi connectivity index (χ2n) is 6.48. The fourth-order valence-corrected chi connectivity index (χ4v) is 4.54. The van der Waals surface area contributed by atoms with Gasteiger partial charge in [-0.1, -0.05) is 6.42 Å². The average Bonchev–Trinajstić information content (AvgIpc) is 3.16. The van der Waals surface area contributed by atoms with Crippen LogP contribution in [0.25, 0.3) is 0 Å². The third-order valence-electron chi connectivity index (χ3n) is 5.01. The predicted octanol–water partition coefficient (Wildman–Crippen LogP) is 2.74. The first-order valence-electron chi connectivity index (χ1n) is 8.30. The van der Waals surface area contributed by atoms with Gasteiger partial charge in [0.15, 0.2) is 0 Å². The Bertz CT molecular complexity index is 523. The second-order valence-corrected chi connectivity index (χ2v) is 7.80. The zero-order valence-electron chi connectivity index (χ0n) is 14.6. The summed E-state index contributed by atoms with van der Waals surface area (Å²) in [6.45, 7) is 7.28. The lowest BCUT2D eigenvalue weighted by Crippen LogP contribution is -2.50. The molecule has 1 amide bonds. The molecule has 1 saturated heterocycles. The first kappa shape index (κ1) is 24.9. The Morgan fingerprint density at radius 1 is 1.24 bits per heavy atom. The van der Waals surface area contributed by atoms with Crippen LogP contribution in [0.2, 0.25) is 0 Å². The third kappa shape index (κ3) is 6.22. The number of carbonyl (C=O) groups excluding carboxylic acids is 1. The Balaban J connectivity index is 0.00000192. The first-order chi connectivity index (χ1) is 10.7. The highest BCUT2D eigenvalue weighted by Gasteiger charge is 2.35. The lowest BCUT2D eigenvalue weighted by molar-refractivity contribution is -0.138. The molecule has 1 aliphatic heterocycles. The van der Waals surface area contributed by atoms with Crippen molar-refractivity contribution >= 4 is 54.5 Å². The van der Waals surface area contributed by atoms with E-state index in [2.05, 4.69) is 14.8 Å². The summed E-state index contributed by atoms with van der Waals surface area (Å²) < 4.78 is 0. The van der Waals surface area contributed by atoms with Crippen LogP contribution in [-0.4, -0.2) is 53.4 Å². The fraction of sp³-hybridized carbons (Fsp3) is 0.750. The van der Waals surface area contributed by atoms with E-state index in [1.165, 1.54) is 4.88 Å². The number of amides is 1. The summed E-state index contributed by atoms with van der Waals surface area (Å²) in [5.74, 6) is 0.938. The number of carbonyl (C=O) groups is 1. The summed E-state index contributed by atoms with van der Waals surface area (Å²) in [6.07, 6.45) is 5.28. The molecule has 1 aromatic rings. The fourth-order valence-electron chi connectivity index (χ4n) is 3.70. The highest BCUT2D eigenvalue weighted by molar-refractivity contribution is 7.11. The van der Waals surface area contributed by atoms with Gasteiger partial charge >= 0.3 is 0 Å². The van der Waals surface area contributed by atoms with Crippen LogP contribution in [0.15, 0.2) is 6.20 Å². The maximum atomic E-state index is 12.7. The normalized spacial score (nSPS) is 23.4. The molecule has 2 heterocycles. The number of rotatable bonds is 4. The Hall–Kier alpha value is -0.110. The van der Waals surface area contributed by atoms with E-state index in [1.807, 2.05) is 13.1 Å². The number of hydrogen-bond acceptors (Lipinski definition) is 5. The Kier molecular flexibility index (Phi) is 11.5. The van der Waals surface area contributed by atoms with E-state index < -0.39 is 0 Å². The van der Waals surface area contributed by atoms with Gasteiger partial charge in [-0.05, 0) is 32.2 Å². The molecule has 2 atom stereocenters. The van der Waals surface area contributed by atoms with E-state index in [4.69, 9.17) is 5.73 Å². The van der Waals surface area contributed by atoms with Crippen LogP contribution in [0.1, 0.15) is 29.1 Å². The molecule has 2 aliphatic rings. The molecule has 0 radical (unpaired) electrons. The molecule has 25 heavy (non-hydrogen) atoms. The lowest BCUT2D eigenvalue weighted by Gasteiger charge is -2.36. The summed E-state index contributed by atoms with van der Waals surface area (Å²) in [7, 11) is 0. The van der Waals surface area contributed by atoms with Crippen LogP contribution >= 0.6 is 48.6 Å². The van der Waals surface area contributed by atoms with Crippen molar-refractivity contribution in [1.82, 2.24) is 14.8 Å². The third-order valence-corrected chi connectivity index (χ3v) is 5.91. The van der Waals surface area contributed by atoms with Gasteiger partial charge in [-0.2, -0.15) is 0 Å². The van der Waals surface area contributed by atoms with Crippen molar-refractivity contribution in [2.75, 3.05) is 32.7 Å². The first-order valence-corrected chi connectivity index (χ1v) is 9.11. The van der Waals surface area contributed by atoms with Crippen LogP contribution in [0, 0.1) is 18.8 Å². The van der Waals surface area contributed by atoms with Gasteiger partial charge < -0.3 is 10.6 Å². The topological polar surface area (TPSA) is 62.5 Å². The molecule has 0 spiro atoms. The second kappa shape index (κ2) is 11.6. The number of halogens is 3. The van der Waals surface area contributed by atoms with Gasteiger partial charge in [0, 0.05) is 49.7 Å². The predicted molar refractivity (Wildman–Crippen MR) is 110 cm³/mol. The van der Waals surface area contributed by atoms with Crippen molar-refractivity contribution < 1.29 is 4.79 Å². The molecule has 0 bridgehead atoms.